The van der Waals surface area contributed by atoms with Crippen molar-refractivity contribution in [1.29, 1.82) is 0 Å². The molecule has 0 atom stereocenters. The van der Waals surface area contributed by atoms with Gasteiger partial charge in [0.1, 0.15) is 23.4 Å². The molecule has 0 spiro atoms. The van der Waals surface area contributed by atoms with Crippen molar-refractivity contribution in [3.8, 4) is 17.2 Å². The minimum Gasteiger partial charge on any atom is -0.494 e. The van der Waals surface area contributed by atoms with E-state index in [1.165, 1.54) is 12.5 Å². The lowest BCUT2D eigenvalue weighted by Crippen LogP contribution is -2.22. The first-order valence-electron chi connectivity index (χ1n) is 15.5. The Bertz CT molecular complexity index is 1320. The predicted octanol–water partition coefficient (Wildman–Crippen LogP) is 6.33. The highest BCUT2D eigenvalue weighted by Gasteiger charge is 2.20. The van der Waals surface area contributed by atoms with Crippen molar-refractivity contribution in [2.24, 2.45) is 0 Å². The van der Waals surface area contributed by atoms with Gasteiger partial charge < -0.3 is 28.4 Å². The number of benzene rings is 2. The predicted molar refractivity (Wildman–Crippen MR) is 171 cm³/mol. The van der Waals surface area contributed by atoms with E-state index >= 15 is 0 Å². The zero-order chi connectivity index (χ0) is 33.0. The van der Waals surface area contributed by atoms with Crippen LogP contribution in [0.25, 0.3) is 6.08 Å². The molecule has 46 heavy (non-hydrogen) atoms. The molecule has 3 rings (SSSR count). The Morgan fingerprint density at radius 2 is 1.30 bits per heavy atom. The Morgan fingerprint density at radius 3 is 1.98 bits per heavy atom. The van der Waals surface area contributed by atoms with Gasteiger partial charge in [0.2, 0.25) is 0 Å². The minimum atomic E-state index is -0.594. The third-order valence-corrected chi connectivity index (χ3v) is 6.84. The summed E-state index contributed by atoms with van der Waals surface area (Å²) in [4.78, 5) is 47.4. The average molecular weight is 635 g/mol. The number of ether oxygens (including phenoxy) is 6. The molecule has 2 aromatic rings. The zero-order valence-electron chi connectivity index (χ0n) is 26.1. The van der Waals surface area contributed by atoms with E-state index in [1.54, 1.807) is 54.6 Å². The van der Waals surface area contributed by atoms with Gasteiger partial charge in [-0.05, 0) is 86.6 Å². The Balaban J connectivity index is 1.25. The fourth-order valence-electron chi connectivity index (χ4n) is 4.39. The van der Waals surface area contributed by atoms with E-state index in [9.17, 15) is 19.2 Å². The molecule has 246 valence electrons. The molecule has 0 heterocycles. The van der Waals surface area contributed by atoms with Gasteiger partial charge in [0.25, 0.3) is 0 Å². The van der Waals surface area contributed by atoms with E-state index in [4.69, 9.17) is 28.4 Å². The molecule has 2 aromatic carbocycles. The van der Waals surface area contributed by atoms with Crippen LogP contribution in [-0.4, -0.2) is 56.4 Å². The van der Waals surface area contributed by atoms with Crippen LogP contribution < -0.4 is 14.2 Å². The molecule has 0 N–H and O–H groups in total. The first-order valence-corrected chi connectivity index (χ1v) is 15.5. The van der Waals surface area contributed by atoms with E-state index in [-0.39, 0.29) is 31.3 Å². The van der Waals surface area contributed by atoms with Crippen LogP contribution in [0.4, 0.5) is 0 Å². The SMILES string of the molecule is C=CC(=O)OCCCOc1ccc(/C=C/C(=O)Oc2ccc(OCCCCOC(=O)C(=C)CC(=O)OC3CCCCC3)cc2)cc1. The maximum absolute atomic E-state index is 12.2. The molecule has 1 aliphatic carbocycles. The largest absolute Gasteiger partial charge is 0.494 e. The summed E-state index contributed by atoms with van der Waals surface area (Å²) in [6.07, 6.45) is 10.7. The number of rotatable bonds is 19. The van der Waals surface area contributed by atoms with Gasteiger partial charge in [-0.3, -0.25) is 4.79 Å². The monoisotopic (exact) mass is 634 g/mol. The van der Waals surface area contributed by atoms with Crippen molar-refractivity contribution in [1.82, 2.24) is 0 Å². The van der Waals surface area contributed by atoms with Crippen LogP contribution in [0.3, 0.4) is 0 Å². The molecule has 10 nitrogen and oxygen atoms in total. The summed E-state index contributed by atoms with van der Waals surface area (Å²) in [5, 5.41) is 0. The fraction of sp³-hybridized carbons (Fsp3) is 0.389. The number of hydrogen-bond donors (Lipinski definition) is 0. The maximum atomic E-state index is 12.2. The Kier molecular flexibility index (Phi) is 15.7. The van der Waals surface area contributed by atoms with Crippen LogP contribution in [0.15, 0.2) is 79.4 Å². The van der Waals surface area contributed by atoms with Gasteiger partial charge >= 0.3 is 23.9 Å². The van der Waals surface area contributed by atoms with Crippen LogP contribution in [0.2, 0.25) is 0 Å². The van der Waals surface area contributed by atoms with E-state index in [0.29, 0.717) is 49.7 Å². The van der Waals surface area contributed by atoms with Crippen molar-refractivity contribution in [2.45, 2.75) is 63.9 Å². The summed E-state index contributed by atoms with van der Waals surface area (Å²) in [5.74, 6) is -0.377. The average Bonchev–Trinajstić information content (AvgIpc) is 3.06. The molecule has 10 heteroatoms. The summed E-state index contributed by atoms with van der Waals surface area (Å²) in [6.45, 7) is 8.24. The number of hydrogen-bond acceptors (Lipinski definition) is 10. The molecule has 0 unspecified atom stereocenters. The third kappa shape index (κ3) is 14.3. The van der Waals surface area contributed by atoms with Gasteiger partial charge in [0, 0.05) is 24.1 Å². The van der Waals surface area contributed by atoms with Gasteiger partial charge in [-0.1, -0.05) is 31.7 Å². The van der Waals surface area contributed by atoms with Crippen LogP contribution in [0, 0.1) is 0 Å². The van der Waals surface area contributed by atoms with Gasteiger partial charge in [0.15, 0.2) is 0 Å². The lowest BCUT2D eigenvalue weighted by Gasteiger charge is -2.21. The molecule has 1 aliphatic rings. The second kappa shape index (κ2) is 20.2. The number of unbranched alkanes of at least 4 members (excludes halogenated alkanes) is 1. The normalized spacial score (nSPS) is 13.0. The zero-order valence-corrected chi connectivity index (χ0v) is 26.1. The Morgan fingerprint density at radius 1 is 0.717 bits per heavy atom. The molecule has 0 bridgehead atoms. The second-order valence-electron chi connectivity index (χ2n) is 10.6. The van der Waals surface area contributed by atoms with Gasteiger partial charge in [-0.15, -0.1) is 0 Å². The molecule has 0 radical (unpaired) electrons. The molecule has 0 aliphatic heterocycles. The first-order chi connectivity index (χ1) is 22.3. The topological polar surface area (TPSA) is 124 Å². The smallest absolute Gasteiger partial charge is 0.336 e. The minimum absolute atomic E-state index is 0.0579. The van der Waals surface area contributed by atoms with Crippen LogP contribution >= 0.6 is 0 Å². The third-order valence-electron chi connectivity index (χ3n) is 6.84. The van der Waals surface area contributed by atoms with Crippen LogP contribution in [0.1, 0.15) is 63.4 Å². The van der Waals surface area contributed by atoms with E-state index < -0.39 is 23.9 Å². The molecule has 1 fully saturated rings. The number of carbonyl (C=O) groups is 4. The van der Waals surface area contributed by atoms with Crippen molar-refractivity contribution >= 4 is 30.0 Å². The summed E-state index contributed by atoms with van der Waals surface area (Å²) in [5.41, 5.74) is 0.884. The van der Waals surface area contributed by atoms with Crippen molar-refractivity contribution in [2.75, 3.05) is 26.4 Å². The quantitative estimate of drug-likeness (QED) is 0.0570. The molecular weight excluding hydrogens is 592 g/mol. The Hall–Kier alpha value is -4.86. The highest BCUT2D eigenvalue weighted by molar-refractivity contribution is 5.93. The van der Waals surface area contributed by atoms with Gasteiger partial charge in [0.05, 0.1) is 32.8 Å². The van der Waals surface area contributed by atoms with Crippen LogP contribution in [0.5, 0.6) is 17.2 Å². The fourth-order valence-corrected chi connectivity index (χ4v) is 4.39. The van der Waals surface area contributed by atoms with Crippen molar-refractivity contribution in [3.63, 3.8) is 0 Å². The number of esters is 4. The molecule has 0 aromatic heterocycles. The van der Waals surface area contributed by atoms with Crippen LogP contribution in [-0.2, 0) is 33.4 Å². The van der Waals surface area contributed by atoms with Crippen molar-refractivity contribution < 1.29 is 47.6 Å². The van der Waals surface area contributed by atoms with E-state index in [1.807, 2.05) is 0 Å². The molecule has 0 saturated heterocycles. The first kappa shape index (κ1) is 35.6. The lowest BCUT2D eigenvalue weighted by molar-refractivity contribution is -0.151. The molecule has 1 saturated carbocycles. The molecular formula is C36H42O10. The number of carbonyl (C=O) groups excluding carboxylic acids is 4. The second-order valence-corrected chi connectivity index (χ2v) is 10.6. The van der Waals surface area contributed by atoms with E-state index in [2.05, 4.69) is 13.2 Å². The Labute approximate surface area is 269 Å². The summed E-state index contributed by atoms with van der Waals surface area (Å²) < 4.78 is 32.2. The van der Waals surface area contributed by atoms with Gasteiger partial charge in [-0.2, -0.15) is 0 Å². The summed E-state index contributed by atoms with van der Waals surface area (Å²) in [6, 6.07) is 13.8. The van der Waals surface area contributed by atoms with Gasteiger partial charge in [-0.25, -0.2) is 14.4 Å². The highest BCUT2D eigenvalue weighted by Crippen LogP contribution is 2.22. The molecule has 0 amide bonds. The van der Waals surface area contributed by atoms with E-state index in [0.717, 1.165) is 37.3 Å². The van der Waals surface area contributed by atoms with Crippen molar-refractivity contribution in [3.05, 3.63) is 85.0 Å². The standard InChI is InChI=1S/C36H42O10/c1-3-33(37)43-25-9-24-42-29-15-12-28(13-16-29)14-21-34(38)45-32-19-17-30(18-20-32)41-22-7-8-23-44-36(40)27(2)26-35(39)46-31-10-5-4-6-11-31/h3,12-21,31H,1-2,4-11,22-26H2/b21-14+. The summed E-state index contributed by atoms with van der Waals surface area (Å²) in [7, 11) is 0. The maximum Gasteiger partial charge on any atom is 0.336 e. The highest BCUT2D eigenvalue weighted by atomic mass is 16.6. The summed E-state index contributed by atoms with van der Waals surface area (Å²) >= 11 is 0. The lowest BCUT2D eigenvalue weighted by atomic mass is 9.98.